The van der Waals surface area contributed by atoms with Crippen LogP contribution < -0.4 is 9.64 Å². The zero-order chi connectivity index (χ0) is 21.2. The van der Waals surface area contributed by atoms with Crippen molar-refractivity contribution in [2.24, 2.45) is 0 Å². The van der Waals surface area contributed by atoms with Gasteiger partial charge in [-0.05, 0) is 63.6 Å². The first-order valence-corrected chi connectivity index (χ1v) is 9.46. The van der Waals surface area contributed by atoms with Crippen molar-refractivity contribution in [2.75, 3.05) is 12.0 Å². The summed E-state index contributed by atoms with van der Waals surface area (Å²) in [5, 5.41) is 0. The van der Waals surface area contributed by atoms with Crippen molar-refractivity contribution < 1.29 is 19.1 Å². The Balaban J connectivity index is 2.00. The van der Waals surface area contributed by atoms with Crippen LogP contribution in [-0.2, 0) is 14.9 Å². The third kappa shape index (κ3) is 4.12. The lowest BCUT2D eigenvalue weighted by Gasteiger charge is -2.25. The predicted molar refractivity (Wildman–Crippen MR) is 112 cm³/mol. The molecule has 0 spiro atoms. The number of hydrogen-bond donors (Lipinski definition) is 0. The van der Waals surface area contributed by atoms with Crippen LogP contribution in [0.15, 0.2) is 48.5 Å². The highest BCUT2D eigenvalue weighted by molar-refractivity contribution is 6.21. The highest BCUT2D eigenvalue weighted by Crippen LogP contribution is 2.45. The topological polar surface area (TPSA) is 55.8 Å². The summed E-state index contributed by atoms with van der Waals surface area (Å²) >= 11 is 0. The van der Waals surface area contributed by atoms with E-state index in [-0.39, 0.29) is 12.3 Å². The number of ether oxygens (including phenoxy) is 2. The molecule has 1 aliphatic rings. The average Bonchev–Trinajstić information content (AvgIpc) is 2.88. The van der Waals surface area contributed by atoms with Crippen molar-refractivity contribution in [1.29, 1.82) is 0 Å². The van der Waals surface area contributed by atoms with Crippen molar-refractivity contribution >= 4 is 17.7 Å². The van der Waals surface area contributed by atoms with Crippen molar-refractivity contribution in [3.63, 3.8) is 0 Å². The van der Waals surface area contributed by atoms with Gasteiger partial charge in [0.15, 0.2) is 0 Å². The van der Waals surface area contributed by atoms with Crippen LogP contribution in [0.5, 0.6) is 5.75 Å². The minimum atomic E-state index is -0.984. The fourth-order valence-electron chi connectivity index (χ4n) is 3.25. The predicted octanol–water partition coefficient (Wildman–Crippen LogP) is 4.68. The lowest BCUT2D eigenvalue weighted by Crippen LogP contribution is -2.44. The fraction of sp³-hybridized carbons (Fsp3) is 0.333. The Hall–Kier alpha value is -3.26. The molecule has 0 bridgehead atoms. The highest BCUT2D eigenvalue weighted by atomic mass is 16.6. The van der Waals surface area contributed by atoms with Gasteiger partial charge in [-0.15, -0.1) is 0 Å². The molecule has 0 saturated carbocycles. The van der Waals surface area contributed by atoms with Gasteiger partial charge >= 0.3 is 6.09 Å². The van der Waals surface area contributed by atoms with Crippen LogP contribution in [0.25, 0.3) is 0 Å². The Kier molecular flexibility index (Phi) is 5.39. The first-order chi connectivity index (χ1) is 13.7. The number of carbonyl (C=O) groups excluding carboxylic acids is 2. The molecule has 5 nitrogen and oxygen atoms in total. The van der Waals surface area contributed by atoms with Gasteiger partial charge in [0.05, 0.1) is 18.2 Å². The van der Waals surface area contributed by atoms with Crippen LogP contribution in [0.4, 0.5) is 10.5 Å². The second kappa shape index (κ2) is 7.63. The third-order valence-electron chi connectivity index (χ3n) is 4.74. The van der Waals surface area contributed by atoms with Gasteiger partial charge < -0.3 is 9.47 Å². The molecule has 1 atom stereocenters. The highest BCUT2D eigenvalue weighted by Gasteiger charge is 2.50. The maximum Gasteiger partial charge on any atom is 0.421 e. The van der Waals surface area contributed by atoms with Crippen molar-refractivity contribution in [3.8, 4) is 17.6 Å². The molecular weight excluding hydrogens is 366 g/mol. The van der Waals surface area contributed by atoms with Crippen molar-refractivity contribution in [3.05, 3.63) is 59.7 Å². The Morgan fingerprint density at radius 3 is 2.45 bits per heavy atom. The molecule has 3 rings (SSSR count). The first-order valence-electron chi connectivity index (χ1n) is 9.46. The number of imide groups is 1. The van der Waals surface area contributed by atoms with Gasteiger partial charge in [-0.1, -0.05) is 30.0 Å². The van der Waals surface area contributed by atoms with E-state index in [9.17, 15) is 9.59 Å². The number of carbonyl (C=O) groups is 2. The number of amides is 2. The Labute approximate surface area is 171 Å². The van der Waals surface area contributed by atoms with Gasteiger partial charge in [0.2, 0.25) is 5.91 Å². The molecule has 0 fully saturated rings. The van der Waals surface area contributed by atoms with E-state index in [1.165, 1.54) is 0 Å². The molecule has 2 amide bonds. The Bertz CT molecular complexity index is 995. The van der Waals surface area contributed by atoms with Crippen LogP contribution in [-0.4, -0.2) is 24.7 Å². The van der Waals surface area contributed by atoms with E-state index in [4.69, 9.17) is 9.47 Å². The van der Waals surface area contributed by atoms with Crippen molar-refractivity contribution in [2.45, 2.75) is 45.1 Å². The summed E-state index contributed by atoms with van der Waals surface area (Å²) in [5.74, 6) is 6.47. The molecule has 2 aromatic carbocycles. The molecule has 29 heavy (non-hydrogen) atoms. The van der Waals surface area contributed by atoms with E-state index >= 15 is 0 Å². The molecule has 0 unspecified atom stereocenters. The standard InChI is InChI=1S/C24H25NO4/c1-23(2,3)29-22(27)25-20-14-13-18(28-5)16-19(20)24(4,21(25)26)15-9-12-17-10-7-6-8-11-17/h6-8,10-11,13-14,16H,15H2,1-5H3/t24-/m0/s1. The van der Waals surface area contributed by atoms with E-state index in [1.54, 1.807) is 53.0 Å². The van der Waals surface area contributed by atoms with E-state index in [0.29, 0.717) is 17.0 Å². The summed E-state index contributed by atoms with van der Waals surface area (Å²) < 4.78 is 10.8. The number of benzene rings is 2. The van der Waals surface area contributed by atoms with E-state index in [1.807, 2.05) is 30.3 Å². The molecule has 150 valence electrons. The van der Waals surface area contributed by atoms with E-state index in [0.717, 1.165) is 10.5 Å². The lowest BCUT2D eigenvalue weighted by atomic mass is 9.80. The molecule has 0 saturated heterocycles. The van der Waals surface area contributed by atoms with Gasteiger partial charge in [-0.2, -0.15) is 0 Å². The summed E-state index contributed by atoms with van der Waals surface area (Å²) in [4.78, 5) is 27.3. The summed E-state index contributed by atoms with van der Waals surface area (Å²) in [6, 6.07) is 14.8. The summed E-state index contributed by atoms with van der Waals surface area (Å²) in [6.45, 7) is 7.11. The second-order valence-corrected chi connectivity index (χ2v) is 8.18. The van der Waals surface area contributed by atoms with E-state index in [2.05, 4.69) is 11.8 Å². The monoisotopic (exact) mass is 391 g/mol. The molecule has 0 aromatic heterocycles. The van der Waals surface area contributed by atoms with Gasteiger partial charge in [-0.3, -0.25) is 4.79 Å². The van der Waals surface area contributed by atoms with Crippen LogP contribution in [0.2, 0.25) is 0 Å². The number of methoxy groups -OCH3 is 1. The van der Waals surface area contributed by atoms with Crippen LogP contribution in [0.3, 0.4) is 0 Å². The van der Waals surface area contributed by atoms with Crippen LogP contribution >= 0.6 is 0 Å². The van der Waals surface area contributed by atoms with Gasteiger partial charge in [-0.25, -0.2) is 9.69 Å². The van der Waals surface area contributed by atoms with Gasteiger partial charge in [0.1, 0.15) is 11.4 Å². The number of anilines is 1. The Morgan fingerprint density at radius 1 is 1.14 bits per heavy atom. The maximum atomic E-state index is 13.4. The molecule has 5 heteroatoms. The first kappa shape index (κ1) is 20.5. The van der Waals surface area contributed by atoms with Crippen LogP contribution in [0, 0.1) is 11.8 Å². The average molecular weight is 391 g/mol. The molecule has 0 radical (unpaired) electrons. The molecule has 1 heterocycles. The largest absolute Gasteiger partial charge is 0.497 e. The number of fused-ring (bicyclic) bond motifs is 1. The Morgan fingerprint density at radius 2 is 1.83 bits per heavy atom. The molecule has 2 aromatic rings. The van der Waals surface area contributed by atoms with E-state index < -0.39 is 17.1 Å². The quantitative estimate of drug-likeness (QED) is 0.698. The van der Waals surface area contributed by atoms with Crippen LogP contribution in [0.1, 0.15) is 45.2 Å². The summed E-state index contributed by atoms with van der Waals surface area (Å²) in [7, 11) is 1.57. The number of hydrogen-bond acceptors (Lipinski definition) is 4. The number of rotatable bonds is 2. The number of nitrogens with zero attached hydrogens (tertiary/aromatic N) is 1. The smallest absolute Gasteiger partial charge is 0.421 e. The molecule has 0 N–H and O–H groups in total. The third-order valence-corrected chi connectivity index (χ3v) is 4.74. The molecular formula is C24H25NO4. The minimum Gasteiger partial charge on any atom is -0.497 e. The second-order valence-electron chi connectivity index (χ2n) is 8.18. The normalized spacial score (nSPS) is 18.0. The maximum absolute atomic E-state index is 13.4. The summed E-state index contributed by atoms with van der Waals surface area (Å²) in [6.07, 6.45) is -0.422. The fourth-order valence-corrected chi connectivity index (χ4v) is 3.25. The lowest BCUT2D eigenvalue weighted by molar-refractivity contribution is -0.122. The molecule has 1 aliphatic heterocycles. The molecule has 0 aliphatic carbocycles. The van der Waals surface area contributed by atoms with Gasteiger partial charge in [0, 0.05) is 12.0 Å². The van der Waals surface area contributed by atoms with Crippen molar-refractivity contribution in [1.82, 2.24) is 0 Å². The van der Waals surface area contributed by atoms with Gasteiger partial charge in [0.25, 0.3) is 0 Å². The summed E-state index contributed by atoms with van der Waals surface area (Å²) in [5.41, 5.74) is 0.388. The zero-order valence-electron chi connectivity index (χ0n) is 17.4. The SMILES string of the molecule is COc1ccc2c(c1)[C@](C)(CC#Cc1ccccc1)C(=O)N2C(=O)OC(C)(C)C. The zero-order valence-corrected chi connectivity index (χ0v) is 17.4. The minimum absolute atomic E-state index is 0.264.